The average molecular weight is 464 g/mol. The highest BCUT2D eigenvalue weighted by Gasteiger charge is 2.35. The first-order valence-electron chi connectivity index (χ1n) is 10.8. The topological polar surface area (TPSA) is 70.7 Å². The van der Waals surface area contributed by atoms with Gasteiger partial charge in [0.2, 0.25) is 11.8 Å². The molecule has 0 spiro atoms. The number of carbonyl (C=O) groups is 2. The molecule has 0 radical (unpaired) electrons. The number of nitrogens with one attached hydrogen (secondary N) is 2. The lowest BCUT2D eigenvalue weighted by atomic mass is 10.1. The number of ether oxygens (including phenoxy) is 1. The maximum Gasteiger partial charge on any atom is 0.243 e. The van der Waals surface area contributed by atoms with Gasteiger partial charge in [-0.2, -0.15) is 0 Å². The number of anilines is 2. The van der Waals surface area contributed by atoms with E-state index in [9.17, 15) is 9.59 Å². The van der Waals surface area contributed by atoms with Crippen LogP contribution in [-0.4, -0.2) is 18.4 Å². The van der Waals surface area contributed by atoms with E-state index in [0.717, 1.165) is 16.8 Å². The summed E-state index contributed by atoms with van der Waals surface area (Å²) in [5.74, 6) is -0.0183. The summed E-state index contributed by atoms with van der Waals surface area (Å²) in [6.45, 7) is 4.82. The van der Waals surface area contributed by atoms with E-state index in [1.165, 1.54) is 5.56 Å². The van der Waals surface area contributed by atoms with Gasteiger partial charge >= 0.3 is 0 Å². The van der Waals surface area contributed by atoms with Crippen LogP contribution in [0.4, 0.5) is 11.4 Å². The van der Waals surface area contributed by atoms with Crippen molar-refractivity contribution in [2.24, 2.45) is 5.92 Å². The van der Waals surface area contributed by atoms with E-state index in [2.05, 4.69) is 10.9 Å². The normalized spacial score (nSPS) is 15.4. The highest BCUT2D eigenvalue weighted by atomic mass is 35.5. The third-order valence-corrected chi connectivity index (χ3v) is 6.03. The van der Waals surface area contributed by atoms with E-state index in [-0.39, 0.29) is 18.2 Å². The molecule has 1 saturated heterocycles. The number of hydrogen-bond acceptors (Lipinski definition) is 4. The molecule has 0 aliphatic carbocycles. The Kier molecular flexibility index (Phi) is 6.84. The van der Waals surface area contributed by atoms with Crippen LogP contribution in [0.25, 0.3) is 0 Å². The van der Waals surface area contributed by atoms with E-state index in [1.54, 1.807) is 11.0 Å². The molecule has 0 unspecified atom stereocenters. The minimum Gasteiger partial charge on any atom is -0.489 e. The van der Waals surface area contributed by atoms with Crippen molar-refractivity contribution in [1.29, 1.82) is 0 Å². The predicted octanol–water partition coefficient (Wildman–Crippen LogP) is 5.03. The fourth-order valence-electron chi connectivity index (χ4n) is 3.67. The summed E-state index contributed by atoms with van der Waals surface area (Å²) in [4.78, 5) is 26.9. The number of halogens is 1. The van der Waals surface area contributed by atoms with Crippen LogP contribution in [0.3, 0.4) is 0 Å². The Hall–Kier alpha value is -3.51. The van der Waals surface area contributed by atoms with Crippen molar-refractivity contribution in [3.05, 3.63) is 88.4 Å². The Morgan fingerprint density at radius 2 is 1.85 bits per heavy atom. The van der Waals surface area contributed by atoms with Crippen molar-refractivity contribution in [3.8, 4) is 5.75 Å². The van der Waals surface area contributed by atoms with Crippen molar-refractivity contribution in [3.63, 3.8) is 0 Å². The first kappa shape index (κ1) is 22.7. The van der Waals surface area contributed by atoms with Crippen LogP contribution in [0.15, 0.2) is 66.7 Å². The van der Waals surface area contributed by atoms with Gasteiger partial charge in [0, 0.05) is 29.7 Å². The Morgan fingerprint density at radius 1 is 1.06 bits per heavy atom. The molecule has 1 aliphatic heterocycles. The van der Waals surface area contributed by atoms with Crippen LogP contribution in [0.2, 0.25) is 5.02 Å². The monoisotopic (exact) mass is 463 g/mol. The molecule has 1 heterocycles. The van der Waals surface area contributed by atoms with Gasteiger partial charge < -0.3 is 9.64 Å². The van der Waals surface area contributed by atoms with E-state index in [1.807, 2.05) is 74.5 Å². The van der Waals surface area contributed by atoms with Gasteiger partial charge in [-0.3, -0.25) is 20.4 Å². The Bertz CT molecular complexity index is 1160. The summed E-state index contributed by atoms with van der Waals surface area (Å²) in [7, 11) is 0. The van der Waals surface area contributed by atoms with Crippen molar-refractivity contribution in [2.75, 3.05) is 16.9 Å². The lowest BCUT2D eigenvalue weighted by Gasteiger charge is -2.18. The van der Waals surface area contributed by atoms with Gasteiger partial charge in [0.25, 0.3) is 0 Å². The largest absolute Gasteiger partial charge is 0.489 e. The van der Waals surface area contributed by atoms with Crippen molar-refractivity contribution in [1.82, 2.24) is 5.43 Å². The minimum absolute atomic E-state index is 0.0454. The van der Waals surface area contributed by atoms with Crippen LogP contribution < -0.4 is 20.5 Å². The zero-order valence-corrected chi connectivity index (χ0v) is 19.4. The molecule has 2 amide bonds. The summed E-state index contributed by atoms with van der Waals surface area (Å²) >= 11 is 5.91. The number of benzene rings is 3. The van der Waals surface area contributed by atoms with Gasteiger partial charge in [0.1, 0.15) is 12.4 Å². The van der Waals surface area contributed by atoms with Gasteiger partial charge in [-0.25, -0.2) is 0 Å². The molecule has 2 N–H and O–H groups in total. The van der Waals surface area contributed by atoms with Crippen LogP contribution in [0.5, 0.6) is 5.75 Å². The molecular weight excluding hydrogens is 438 g/mol. The van der Waals surface area contributed by atoms with Crippen molar-refractivity contribution in [2.45, 2.75) is 26.9 Å². The molecule has 0 aromatic heterocycles. The summed E-state index contributed by atoms with van der Waals surface area (Å²) in [6, 6.07) is 20.7. The number of rotatable bonds is 7. The Balaban J connectivity index is 1.31. The number of hydrogen-bond donors (Lipinski definition) is 2. The molecular formula is C26H26ClN3O3. The highest BCUT2D eigenvalue weighted by Crippen LogP contribution is 2.27. The molecule has 3 aromatic rings. The molecule has 4 rings (SSSR count). The van der Waals surface area contributed by atoms with Gasteiger partial charge in [-0.05, 0) is 66.9 Å². The minimum atomic E-state index is -0.420. The number of aryl methyl sites for hydroxylation is 2. The summed E-state index contributed by atoms with van der Waals surface area (Å²) in [6.07, 6.45) is 0.185. The van der Waals surface area contributed by atoms with E-state index < -0.39 is 5.92 Å². The maximum absolute atomic E-state index is 12.7. The van der Waals surface area contributed by atoms with Crippen molar-refractivity contribution < 1.29 is 14.3 Å². The zero-order valence-electron chi connectivity index (χ0n) is 18.6. The van der Waals surface area contributed by atoms with Gasteiger partial charge in [0.15, 0.2) is 0 Å². The second-order valence-electron chi connectivity index (χ2n) is 8.23. The zero-order chi connectivity index (χ0) is 23.4. The van der Waals surface area contributed by atoms with Crippen molar-refractivity contribution >= 4 is 34.8 Å². The number of carbonyl (C=O) groups excluding carboxylic acids is 2. The van der Waals surface area contributed by atoms with E-state index in [0.29, 0.717) is 29.6 Å². The van der Waals surface area contributed by atoms with E-state index in [4.69, 9.17) is 16.3 Å². The SMILES string of the molecule is Cc1ccc(N2C[C@H](C(=O)NNc3cccc(OCc4ccc(Cl)cc4)c3)CC2=O)cc1C. The molecule has 0 saturated carbocycles. The lowest BCUT2D eigenvalue weighted by Crippen LogP contribution is -2.36. The van der Waals surface area contributed by atoms with E-state index >= 15 is 0 Å². The van der Waals surface area contributed by atoms with Crippen LogP contribution >= 0.6 is 11.6 Å². The molecule has 7 heteroatoms. The Labute approximate surface area is 198 Å². The van der Waals surface area contributed by atoms with Crippen LogP contribution in [0, 0.1) is 19.8 Å². The number of amides is 2. The quantitative estimate of drug-likeness (QED) is 0.482. The third-order valence-electron chi connectivity index (χ3n) is 5.78. The smallest absolute Gasteiger partial charge is 0.243 e. The number of nitrogens with zero attached hydrogens (tertiary/aromatic N) is 1. The second kappa shape index (κ2) is 9.96. The van der Waals surface area contributed by atoms with Gasteiger partial charge in [0.05, 0.1) is 11.6 Å². The molecule has 33 heavy (non-hydrogen) atoms. The highest BCUT2D eigenvalue weighted by molar-refractivity contribution is 6.30. The third kappa shape index (κ3) is 5.65. The molecule has 170 valence electrons. The summed E-state index contributed by atoms with van der Waals surface area (Å²) in [5.41, 5.74) is 10.5. The second-order valence-corrected chi connectivity index (χ2v) is 8.67. The first-order chi connectivity index (χ1) is 15.9. The number of hydrazine groups is 1. The molecule has 1 aliphatic rings. The van der Waals surface area contributed by atoms with Crippen LogP contribution in [0.1, 0.15) is 23.1 Å². The predicted molar refractivity (Wildman–Crippen MR) is 130 cm³/mol. The average Bonchev–Trinajstić information content (AvgIpc) is 3.21. The fourth-order valence-corrected chi connectivity index (χ4v) is 3.80. The fraction of sp³-hybridized carbons (Fsp3) is 0.231. The molecule has 1 fully saturated rings. The Morgan fingerprint density at radius 3 is 2.61 bits per heavy atom. The van der Waals surface area contributed by atoms with Gasteiger partial charge in [-0.1, -0.05) is 35.9 Å². The lowest BCUT2D eigenvalue weighted by molar-refractivity contribution is -0.125. The summed E-state index contributed by atoms with van der Waals surface area (Å²) in [5, 5.41) is 0.682. The molecule has 6 nitrogen and oxygen atoms in total. The molecule has 3 aromatic carbocycles. The molecule has 0 bridgehead atoms. The maximum atomic E-state index is 12.7. The first-order valence-corrected chi connectivity index (χ1v) is 11.2. The van der Waals surface area contributed by atoms with Crippen LogP contribution in [-0.2, 0) is 16.2 Å². The summed E-state index contributed by atoms with van der Waals surface area (Å²) < 4.78 is 5.83. The molecule has 1 atom stereocenters. The standard InChI is InChI=1S/C26H26ClN3O3/c1-17-6-11-23(12-18(17)2)30-15-20(13-25(30)31)26(32)29-28-22-4-3-5-24(14-22)33-16-19-7-9-21(27)10-8-19/h3-12,14,20,28H,13,15-16H2,1-2H3,(H,29,32)/t20-/m1/s1. The van der Waals surface area contributed by atoms with Gasteiger partial charge in [-0.15, -0.1) is 0 Å².